The van der Waals surface area contributed by atoms with Gasteiger partial charge in [-0.2, -0.15) is 0 Å². The first kappa shape index (κ1) is 13.8. The Labute approximate surface area is 127 Å². The zero-order valence-electron chi connectivity index (χ0n) is 11.6. The lowest BCUT2D eigenvalue weighted by molar-refractivity contribution is 0.678. The van der Waals surface area contributed by atoms with Gasteiger partial charge >= 0.3 is 0 Å². The number of hydrogen-bond donors (Lipinski definition) is 0. The van der Waals surface area contributed by atoms with E-state index in [1.165, 1.54) is 0 Å². The van der Waals surface area contributed by atoms with E-state index >= 15 is 0 Å². The van der Waals surface area contributed by atoms with Crippen molar-refractivity contribution in [3.05, 3.63) is 102 Å². The molecule has 0 heterocycles. The van der Waals surface area contributed by atoms with Gasteiger partial charge in [0.2, 0.25) is 0 Å². The highest BCUT2D eigenvalue weighted by Crippen LogP contribution is 2.31. The van der Waals surface area contributed by atoms with E-state index in [1.54, 1.807) is 0 Å². The zero-order chi connectivity index (χ0) is 14.5. The second-order valence-electron chi connectivity index (χ2n) is 4.81. The van der Waals surface area contributed by atoms with Gasteiger partial charge in [-0.3, -0.25) is 4.21 Å². The molecule has 21 heavy (non-hydrogen) atoms. The third-order valence-corrected chi connectivity index (χ3v) is 5.10. The molecule has 0 saturated heterocycles. The van der Waals surface area contributed by atoms with Crippen LogP contribution in [0, 0.1) is 0 Å². The highest BCUT2D eigenvalue weighted by molar-refractivity contribution is 7.85. The van der Waals surface area contributed by atoms with Crippen LogP contribution in [0.25, 0.3) is 0 Å². The summed E-state index contributed by atoms with van der Waals surface area (Å²) in [5.74, 6) is 0. The van der Waals surface area contributed by atoms with E-state index in [9.17, 15) is 4.21 Å². The van der Waals surface area contributed by atoms with Crippen LogP contribution in [0.3, 0.4) is 0 Å². The fraction of sp³-hybridized carbons (Fsp3) is 0.0526. The van der Waals surface area contributed by atoms with Crippen LogP contribution in [0.15, 0.2) is 95.9 Å². The molecule has 0 fully saturated rings. The first-order chi connectivity index (χ1) is 10.4. The predicted molar refractivity (Wildman–Crippen MR) is 87.6 cm³/mol. The summed E-state index contributed by atoms with van der Waals surface area (Å²) >= 11 is 0. The van der Waals surface area contributed by atoms with Gasteiger partial charge in [-0.05, 0) is 23.3 Å². The minimum atomic E-state index is -1.12. The lowest BCUT2D eigenvalue weighted by Gasteiger charge is -2.17. The van der Waals surface area contributed by atoms with Gasteiger partial charge in [0, 0.05) is 4.90 Å². The van der Waals surface area contributed by atoms with E-state index in [2.05, 4.69) is 0 Å². The Morgan fingerprint density at radius 3 is 1.38 bits per heavy atom. The van der Waals surface area contributed by atoms with Crippen LogP contribution in [0.1, 0.15) is 16.4 Å². The van der Waals surface area contributed by atoms with E-state index in [4.69, 9.17) is 0 Å². The first-order valence-corrected chi connectivity index (χ1v) is 8.13. The second kappa shape index (κ2) is 6.51. The molecule has 1 nitrogen and oxygen atoms in total. The number of rotatable bonds is 4. The van der Waals surface area contributed by atoms with Gasteiger partial charge in [0.15, 0.2) is 0 Å². The van der Waals surface area contributed by atoms with Gasteiger partial charge in [0.05, 0.1) is 16.0 Å². The van der Waals surface area contributed by atoms with Crippen molar-refractivity contribution in [1.29, 1.82) is 0 Å². The summed E-state index contributed by atoms with van der Waals surface area (Å²) < 4.78 is 13.1. The molecule has 0 bridgehead atoms. The molecule has 0 aromatic heterocycles. The third kappa shape index (κ3) is 3.11. The van der Waals surface area contributed by atoms with Crippen molar-refractivity contribution >= 4 is 10.8 Å². The summed E-state index contributed by atoms with van der Waals surface area (Å²) in [6, 6.07) is 29.8. The fourth-order valence-corrected chi connectivity index (χ4v) is 3.89. The van der Waals surface area contributed by atoms with Crippen molar-refractivity contribution in [3.8, 4) is 0 Å². The zero-order valence-corrected chi connectivity index (χ0v) is 12.4. The Morgan fingerprint density at radius 2 is 0.952 bits per heavy atom. The molecule has 0 aliphatic rings. The van der Waals surface area contributed by atoms with E-state index in [-0.39, 0.29) is 5.25 Å². The van der Waals surface area contributed by atoms with E-state index in [1.807, 2.05) is 91.0 Å². The average molecular weight is 292 g/mol. The van der Waals surface area contributed by atoms with Crippen LogP contribution in [0.4, 0.5) is 0 Å². The van der Waals surface area contributed by atoms with Gasteiger partial charge in [-0.25, -0.2) is 0 Å². The van der Waals surface area contributed by atoms with Crippen LogP contribution in [0.2, 0.25) is 0 Å². The normalized spacial score (nSPS) is 12.2. The molecule has 0 N–H and O–H groups in total. The molecule has 0 unspecified atom stereocenters. The number of hydrogen-bond acceptors (Lipinski definition) is 1. The minimum absolute atomic E-state index is 0.144. The van der Waals surface area contributed by atoms with Crippen LogP contribution in [-0.4, -0.2) is 4.21 Å². The monoisotopic (exact) mass is 292 g/mol. The van der Waals surface area contributed by atoms with Crippen molar-refractivity contribution in [1.82, 2.24) is 0 Å². The van der Waals surface area contributed by atoms with E-state index in [0.29, 0.717) is 0 Å². The summed E-state index contributed by atoms with van der Waals surface area (Å²) in [5.41, 5.74) is 2.15. The van der Waals surface area contributed by atoms with Gasteiger partial charge in [-0.1, -0.05) is 78.9 Å². The van der Waals surface area contributed by atoms with Crippen molar-refractivity contribution in [3.63, 3.8) is 0 Å². The van der Waals surface area contributed by atoms with Crippen molar-refractivity contribution < 1.29 is 4.21 Å². The fourth-order valence-electron chi connectivity index (χ4n) is 2.39. The van der Waals surface area contributed by atoms with Crippen LogP contribution in [0.5, 0.6) is 0 Å². The highest BCUT2D eigenvalue weighted by atomic mass is 32.2. The summed E-state index contributed by atoms with van der Waals surface area (Å²) in [4.78, 5) is 0.857. The molecule has 1 atom stereocenters. The molecule has 0 radical (unpaired) electrons. The SMILES string of the molecule is O=[S@@](c1ccccc1)C(c1ccccc1)c1ccccc1. The Morgan fingerprint density at radius 1 is 0.571 bits per heavy atom. The van der Waals surface area contributed by atoms with Crippen molar-refractivity contribution in [2.24, 2.45) is 0 Å². The van der Waals surface area contributed by atoms with E-state index < -0.39 is 10.8 Å². The Balaban J connectivity index is 2.07. The Kier molecular flexibility index (Phi) is 4.27. The molecule has 3 aromatic rings. The molecular weight excluding hydrogens is 276 g/mol. The smallest absolute Gasteiger partial charge is 0.0893 e. The lowest BCUT2D eigenvalue weighted by atomic mass is 10.0. The minimum Gasteiger partial charge on any atom is -0.253 e. The summed E-state index contributed by atoms with van der Waals surface area (Å²) in [7, 11) is -1.12. The maximum atomic E-state index is 13.1. The second-order valence-corrected chi connectivity index (χ2v) is 6.35. The average Bonchev–Trinajstić information content (AvgIpc) is 2.58. The summed E-state index contributed by atoms with van der Waals surface area (Å²) in [5, 5.41) is -0.144. The largest absolute Gasteiger partial charge is 0.253 e. The molecular formula is C19H16OS. The molecule has 3 aromatic carbocycles. The molecule has 3 rings (SSSR count). The summed E-state index contributed by atoms with van der Waals surface area (Å²) in [6.45, 7) is 0. The van der Waals surface area contributed by atoms with Crippen LogP contribution >= 0.6 is 0 Å². The van der Waals surface area contributed by atoms with Crippen molar-refractivity contribution in [2.75, 3.05) is 0 Å². The van der Waals surface area contributed by atoms with Gasteiger partial charge < -0.3 is 0 Å². The molecule has 0 saturated carbocycles. The maximum absolute atomic E-state index is 13.1. The van der Waals surface area contributed by atoms with Gasteiger partial charge in [-0.15, -0.1) is 0 Å². The van der Waals surface area contributed by atoms with Crippen LogP contribution < -0.4 is 0 Å². The Hall–Kier alpha value is -2.19. The third-order valence-electron chi connectivity index (χ3n) is 3.39. The van der Waals surface area contributed by atoms with Crippen molar-refractivity contribution in [2.45, 2.75) is 10.1 Å². The summed E-state index contributed by atoms with van der Waals surface area (Å²) in [6.07, 6.45) is 0. The standard InChI is InChI=1S/C19H16OS/c20-21(18-14-8-3-9-15-18)19(16-10-4-1-5-11-16)17-12-6-2-7-13-17/h1-15,19H/t21-/m0/s1. The molecule has 104 valence electrons. The van der Waals surface area contributed by atoms with E-state index in [0.717, 1.165) is 16.0 Å². The molecule has 0 aliphatic heterocycles. The predicted octanol–water partition coefficient (Wildman–Crippen LogP) is 4.58. The number of benzene rings is 3. The molecule has 0 spiro atoms. The molecule has 2 heteroatoms. The molecule has 0 amide bonds. The topological polar surface area (TPSA) is 17.1 Å². The highest BCUT2D eigenvalue weighted by Gasteiger charge is 2.22. The first-order valence-electron chi connectivity index (χ1n) is 6.92. The lowest BCUT2D eigenvalue weighted by Crippen LogP contribution is -2.08. The van der Waals surface area contributed by atoms with Crippen LogP contribution in [-0.2, 0) is 10.8 Å². The quantitative estimate of drug-likeness (QED) is 0.687. The van der Waals surface area contributed by atoms with Gasteiger partial charge in [0.1, 0.15) is 0 Å². The molecule has 0 aliphatic carbocycles. The maximum Gasteiger partial charge on any atom is 0.0893 e. The Bertz CT molecular complexity index is 669. The van der Waals surface area contributed by atoms with Gasteiger partial charge in [0.25, 0.3) is 0 Å².